The quantitative estimate of drug-likeness (QED) is 0.334. The molecule has 1 unspecified atom stereocenters. The molecule has 1 aromatic heterocycles. The molecule has 2 aromatic rings. The van der Waals surface area contributed by atoms with Crippen LogP contribution >= 0.6 is 0 Å². The van der Waals surface area contributed by atoms with Crippen molar-refractivity contribution in [2.45, 2.75) is 113 Å². The lowest BCUT2D eigenvalue weighted by atomic mass is 10.0. The molecule has 54 heavy (non-hydrogen) atoms. The van der Waals surface area contributed by atoms with Crippen molar-refractivity contribution in [2.24, 2.45) is 5.92 Å². The zero-order chi connectivity index (χ0) is 39.0. The number of nitrogens with one attached hydrogen (secondary N) is 3. The highest BCUT2D eigenvalue weighted by Gasteiger charge is 2.62. The summed E-state index contributed by atoms with van der Waals surface area (Å²) in [4.78, 5) is 63.7. The summed E-state index contributed by atoms with van der Waals surface area (Å²) < 4.78 is 45.4. The predicted octanol–water partition coefficient (Wildman–Crippen LogP) is 3.55. The van der Waals surface area contributed by atoms with E-state index in [0.717, 1.165) is 18.2 Å². The lowest BCUT2D eigenvalue weighted by Crippen LogP contribution is -2.58. The molecule has 3 N–H and O–H groups in total. The number of methoxy groups -OCH3 is 1. The number of benzene rings is 1. The Balaban J connectivity index is 1.34. The number of allylic oxidation sites excluding steroid dienone is 1. The van der Waals surface area contributed by atoms with E-state index in [1.54, 1.807) is 33.9 Å². The fourth-order valence-corrected chi connectivity index (χ4v) is 8.46. The van der Waals surface area contributed by atoms with Crippen molar-refractivity contribution in [2.75, 3.05) is 32.6 Å². The van der Waals surface area contributed by atoms with Crippen LogP contribution < -0.4 is 29.7 Å². The van der Waals surface area contributed by atoms with Gasteiger partial charge in [-0.05, 0) is 88.9 Å². The van der Waals surface area contributed by atoms with E-state index in [1.807, 2.05) is 49.3 Å². The van der Waals surface area contributed by atoms with Gasteiger partial charge in [0.05, 0.1) is 18.9 Å². The smallest absolute Gasteiger partial charge is 0.408 e. The van der Waals surface area contributed by atoms with E-state index in [2.05, 4.69) is 15.4 Å². The van der Waals surface area contributed by atoms with Crippen LogP contribution in [0, 0.1) is 5.92 Å². The summed E-state index contributed by atoms with van der Waals surface area (Å²) in [5, 5.41) is 6.52. The van der Waals surface area contributed by atoms with Crippen molar-refractivity contribution < 1.29 is 41.8 Å². The SMILES string of the molecule is COc1ccc2c(OC3C[C@H]4C(=O)N[C@]5(C(=O)NS(=O)(=O)C6CC6)C[C@H]5C=CCCCCC[C@H](NC(=O)OC(C)(C)C)C(=O)N4C3)nc(N(C)C)cc2c1. The summed E-state index contributed by atoms with van der Waals surface area (Å²) in [5.41, 5.74) is -2.31. The fraction of sp³-hybridized carbons (Fsp3) is 0.605. The average Bonchev–Trinajstić information content (AvgIpc) is 4.02. The zero-order valence-corrected chi connectivity index (χ0v) is 32.7. The highest BCUT2D eigenvalue weighted by atomic mass is 32.2. The normalized spacial score (nSPS) is 26.4. The van der Waals surface area contributed by atoms with E-state index in [-0.39, 0.29) is 19.4 Å². The Kier molecular flexibility index (Phi) is 11.1. The van der Waals surface area contributed by atoms with Crippen LogP contribution in [0.15, 0.2) is 36.4 Å². The molecule has 1 aromatic carbocycles. The van der Waals surface area contributed by atoms with E-state index in [4.69, 9.17) is 19.2 Å². The monoisotopic (exact) mass is 768 g/mol. The molecule has 0 radical (unpaired) electrons. The lowest BCUT2D eigenvalue weighted by Gasteiger charge is -2.30. The van der Waals surface area contributed by atoms with Crippen LogP contribution in [0.4, 0.5) is 10.6 Å². The van der Waals surface area contributed by atoms with Gasteiger partial charge in [-0.2, -0.15) is 4.98 Å². The van der Waals surface area contributed by atoms with Crippen molar-refractivity contribution in [1.29, 1.82) is 0 Å². The number of amides is 4. The third kappa shape index (κ3) is 8.85. The Hall–Kier alpha value is -4.60. The van der Waals surface area contributed by atoms with Crippen molar-refractivity contribution in [3.63, 3.8) is 0 Å². The zero-order valence-electron chi connectivity index (χ0n) is 31.8. The third-order valence-electron chi connectivity index (χ3n) is 10.3. The summed E-state index contributed by atoms with van der Waals surface area (Å²) in [6.45, 7) is 5.17. The highest BCUT2D eigenvalue weighted by molar-refractivity contribution is 7.91. The molecule has 6 rings (SSSR count). The number of alkyl carbamates (subject to hydrolysis) is 1. The van der Waals surface area contributed by atoms with Gasteiger partial charge < -0.3 is 34.6 Å². The standard InChI is InChI=1S/C38H52N6O9S/c1-37(2,3)53-36(48)39-29-13-11-9-7-8-10-12-24-21-38(24,35(47)42-54(49,50)27-15-16-27)41-32(45)30-20-26(22-44(30)34(29)46)52-33-28-17-14-25(51-6)18-23(28)19-31(40-33)43(4)5/h10,12,14,17-19,24,26-27,29-30H,7-9,11,13,15-16,20-22H2,1-6H3,(H,39,48)(H,41,45)(H,42,47)/t24-,26?,29+,30+,38-/m1/s1. The Morgan fingerprint density at radius 2 is 1.83 bits per heavy atom. The molecular formula is C38H52N6O9S. The molecular weight excluding hydrogens is 717 g/mol. The highest BCUT2D eigenvalue weighted by Crippen LogP contribution is 2.46. The van der Waals surface area contributed by atoms with E-state index >= 15 is 0 Å². The molecule has 4 aliphatic rings. The number of hydrogen-bond acceptors (Lipinski definition) is 11. The minimum absolute atomic E-state index is 0.0203. The van der Waals surface area contributed by atoms with Gasteiger partial charge in [0.1, 0.15) is 40.9 Å². The van der Waals surface area contributed by atoms with Gasteiger partial charge in [-0.1, -0.05) is 25.0 Å². The minimum atomic E-state index is -3.89. The number of ether oxygens (including phenoxy) is 3. The third-order valence-corrected chi connectivity index (χ3v) is 12.1. The summed E-state index contributed by atoms with van der Waals surface area (Å²) in [6, 6.07) is 5.28. The molecule has 3 fully saturated rings. The lowest BCUT2D eigenvalue weighted by molar-refractivity contribution is -0.141. The van der Waals surface area contributed by atoms with E-state index in [1.165, 1.54) is 4.90 Å². The molecule has 3 heterocycles. The number of anilines is 1. The van der Waals surface area contributed by atoms with Crippen molar-refractivity contribution in [3.05, 3.63) is 36.4 Å². The van der Waals surface area contributed by atoms with E-state index in [9.17, 15) is 27.6 Å². The van der Waals surface area contributed by atoms with Crippen LogP contribution in [0.2, 0.25) is 0 Å². The molecule has 15 nitrogen and oxygen atoms in total. The van der Waals surface area contributed by atoms with Gasteiger partial charge >= 0.3 is 6.09 Å². The summed E-state index contributed by atoms with van der Waals surface area (Å²) in [6.07, 6.45) is 6.72. The average molecular weight is 769 g/mol. The molecule has 16 heteroatoms. The van der Waals surface area contributed by atoms with Gasteiger partial charge in [0.25, 0.3) is 5.91 Å². The molecule has 1 saturated heterocycles. The molecule has 2 aliphatic heterocycles. The molecule has 294 valence electrons. The number of rotatable bonds is 8. The Morgan fingerprint density at radius 1 is 1.07 bits per heavy atom. The maximum atomic E-state index is 14.5. The first-order valence-electron chi connectivity index (χ1n) is 18.7. The van der Waals surface area contributed by atoms with Crippen LogP contribution in [0.1, 0.15) is 78.6 Å². The minimum Gasteiger partial charge on any atom is -0.497 e. The number of nitrogens with zero attached hydrogens (tertiary/aromatic N) is 3. The second kappa shape index (κ2) is 15.3. The van der Waals surface area contributed by atoms with Crippen LogP contribution in [-0.2, 0) is 29.1 Å². The molecule has 0 bridgehead atoms. The number of pyridine rings is 1. The van der Waals surface area contributed by atoms with Gasteiger partial charge in [-0.3, -0.25) is 19.1 Å². The first-order valence-corrected chi connectivity index (χ1v) is 20.2. The molecule has 5 atom stereocenters. The van der Waals surface area contributed by atoms with Gasteiger partial charge in [0.15, 0.2) is 0 Å². The largest absolute Gasteiger partial charge is 0.497 e. The maximum Gasteiger partial charge on any atom is 0.408 e. The van der Waals surface area contributed by atoms with Crippen LogP contribution in [0.25, 0.3) is 10.8 Å². The predicted molar refractivity (Wildman–Crippen MR) is 202 cm³/mol. The summed E-state index contributed by atoms with van der Waals surface area (Å²) in [5.74, 6) is -0.764. The van der Waals surface area contributed by atoms with Gasteiger partial charge in [0, 0.05) is 31.8 Å². The number of carbonyl (C=O) groups is 4. The van der Waals surface area contributed by atoms with Crippen LogP contribution in [-0.4, -0.2) is 104 Å². The Bertz CT molecular complexity index is 1930. The van der Waals surface area contributed by atoms with Crippen LogP contribution in [0.5, 0.6) is 11.6 Å². The van der Waals surface area contributed by atoms with Crippen molar-refractivity contribution in [3.8, 4) is 11.6 Å². The second-order valence-electron chi connectivity index (χ2n) is 16.0. The molecule has 2 aliphatic carbocycles. The van der Waals surface area contributed by atoms with Gasteiger partial charge in [0.2, 0.25) is 27.7 Å². The number of sulfonamides is 1. The van der Waals surface area contributed by atoms with Crippen LogP contribution in [0.3, 0.4) is 0 Å². The van der Waals surface area contributed by atoms with Crippen molar-refractivity contribution in [1.82, 2.24) is 25.2 Å². The Morgan fingerprint density at radius 3 is 2.52 bits per heavy atom. The topological polar surface area (TPSA) is 186 Å². The van der Waals surface area contributed by atoms with Gasteiger partial charge in [-0.15, -0.1) is 0 Å². The summed E-state index contributed by atoms with van der Waals surface area (Å²) >= 11 is 0. The molecule has 4 amide bonds. The number of carbonyl (C=O) groups excluding carboxylic acids is 4. The molecule has 0 spiro atoms. The molecule has 2 saturated carbocycles. The summed E-state index contributed by atoms with van der Waals surface area (Å²) in [7, 11) is 1.40. The number of fused-ring (bicyclic) bond motifs is 3. The maximum absolute atomic E-state index is 14.5. The van der Waals surface area contributed by atoms with E-state index < -0.39 is 74.3 Å². The van der Waals surface area contributed by atoms with E-state index in [0.29, 0.717) is 54.9 Å². The first kappa shape index (κ1) is 39.1. The first-order chi connectivity index (χ1) is 25.5. The van der Waals surface area contributed by atoms with Gasteiger partial charge in [-0.25, -0.2) is 13.2 Å². The second-order valence-corrected chi connectivity index (χ2v) is 17.9. The Labute approximate surface area is 316 Å². The van der Waals surface area contributed by atoms with Crippen molar-refractivity contribution >= 4 is 50.4 Å². The number of hydrogen-bond donors (Lipinski definition) is 3. The fourth-order valence-electron chi connectivity index (χ4n) is 7.09. The number of aromatic nitrogens is 1.